The number of aromatic nitrogens is 2. The fourth-order valence-electron chi connectivity index (χ4n) is 2.56. The first kappa shape index (κ1) is 15.5. The Hall–Kier alpha value is -0.870. The van der Waals surface area contributed by atoms with E-state index in [1.165, 1.54) is 6.42 Å². The highest BCUT2D eigenvalue weighted by Crippen LogP contribution is 2.27. The molecule has 1 atom stereocenters. The molecule has 1 aliphatic rings. The van der Waals surface area contributed by atoms with Crippen LogP contribution in [0.4, 0.5) is 5.82 Å². The minimum Gasteiger partial charge on any atom is -0.394 e. The summed E-state index contributed by atoms with van der Waals surface area (Å²) in [5, 5.41) is 10.1. The Morgan fingerprint density at radius 1 is 1.30 bits per heavy atom. The summed E-state index contributed by atoms with van der Waals surface area (Å²) in [6, 6.07) is 1.95. The molecule has 2 heterocycles. The van der Waals surface area contributed by atoms with Crippen molar-refractivity contribution in [3.05, 3.63) is 17.0 Å². The zero-order valence-corrected chi connectivity index (χ0v) is 13.3. The highest BCUT2D eigenvalue weighted by molar-refractivity contribution is 6.29. The van der Waals surface area contributed by atoms with E-state index in [0.29, 0.717) is 5.15 Å². The monoisotopic (exact) mass is 297 g/mol. The zero-order chi connectivity index (χ0) is 14.8. The summed E-state index contributed by atoms with van der Waals surface area (Å²) in [4.78, 5) is 11.2. The van der Waals surface area contributed by atoms with Crippen LogP contribution in [0, 0.1) is 0 Å². The number of halogens is 1. The molecule has 1 aromatic rings. The third-order valence-electron chi connectivity index (χ3n) is 3.73. The second-order valence-corrected chi connectivity index (χ2v) is 6.89. The Morgan fingerprint density at radius 2 is 2.05 bits per heavy atom. The van der Waals surface area contributed by atoms with Gasteiger partial charge < -0.3 is 10.0 Å². The minimum atomic E-state index is -0.139. The molecule has 0 aliphatic carbocycles. The fourth-order valence-corrected chi connectivity index (χ4v) is 2.73. The van der Waals surface area contributed by atoms with E-state index in [1.54, 1.807) is 0 Å². The first-order chi connectivity index (χ1) is 9.41. The lowest BCUT2D eigenvalue weighted by Crippen LogP contribution is -2.38. The smallest absolute Gasteiger partial charge is 0.137 e. The Morgan fingerprint density at radius 3 is 2.70 bits per heavy atom. The first-order valence-electron chi connectivity index (χ1n) is 7.34. The van der Waals surface area contributed by atoms with Crippen molar-refractivity contribution in [2.45, 2.75) is 57.9 Å². The van der Waals surface area contributed by atoms with Crippen LogP contribution < -0.4 is 4.90 Å². The standard InChI is InChI=1S/C15H24ClN3O/c1-15(2,3)14-17-12(16)9-13(18-14)19-8-6-4-5-7-11(19)10-20/h9,11,20H,4-8,10H2,1-3H3. The lowest BCUT2D eigenvalue weighted by Gasteiger charge is -2.30. The van der Waals surface area contributed by atoms with Crippen molar-refractivity contribution < 1.29 is 5.11 Å². The van der Waals surface area contributed by atoms with Crippen molar-refractivity contribution in [3.63, 3.8) is 0 Å². The second-order valence-electron chi connectivity index (χ2n) is 6.50. The van der Waals surface area contributed by atoms with Gasteiger partial charge in [0.2, 0.25) is 0 Å². The van der Waals surface area contributed by atoms with Gasteiger partial charge in [0.25, 0.3) is 0 Å². The number of hydrogen-bond donors (Lipinski definition) is 1. The van der Waals surface area contributed by atoms with Gasteiger partial charge in [0.15, 0.2) is 0 Å². The van der Waals surface area contributed by atoms with Gasteiger partial charge in [-0.1, -0.05) is 45.2 Å². The van der Waals surface area contributed by atoms with Crippen molar-refractivity contribution in [1.29, 1.82) is 0 Å². The van der Waals surface area contributed by atoms with Crippen LogP contribution in [-0.2, 0) is 5.41 Å². The SMILES string of the molecule is CC(C)(C)c1nc(Cl)cc(N2CCCCCC2CO)n1. The van der Waals surface area contributed by atoms with Crippen molar-refractivity contribution in [1.82, 2.24) is 9.97 Å². The summed E-state index contributed by atoms with van der Waals surface area (Å²) in [5.74, 6) is 1.59. The van der Waals surface area contributed by atoms with Gasteiger partial charge in [-0.25, -0.2) is 9.97 Å². The lowest BCUT2D eigenvalue weighted by molar-refractivity contribution is 0.254. The van der Waals surface area contributed by atoms with E-state index in [1.807, 2.05) is 6.07 Å². The van der Waals surface area contributed by atoms with Crippen LogP contribution in [0.3, 0.4) is 0 Å². The van der Waals surface area contributed by atoms with E-state index in [-0.39, 0.29) is 18.1 Å². The number of aliphatic hydroxyl groups excluding tert-OH is 1. The average Bonchev–Trinajstić information content (AvgIpc) is 2.61. The summed E-state index contributed by atoms with van der Waals surface area (Å²) >= 11 is 6.17. The molecule has 1 saturated heterocycles. The van der Waals surface area contributed by atoms with E-state index in [9.17, 15) is 5.11 Å². The zero-order valence-electron chi connectivity index (χ0n) is 12.6. The van der Waals surface area contributed by atoms with E-state index in [0.717, 1.165) is 37.4 Å². The summed E-state index contributed by atoms with van der Waals surface area (Å²) in [7, 11) is 0. The number of nitrogens with zero attached hydrogens (tertiary/aromatic N) is 3. The molecule has 0 aromatic carbocycles. The van der Waals surface area contributed by atoms with Gasteiger partial charge >= 0.3 is 0 Å². The Labute approximate surface area is 126 Å². The van der Waals surface area contributed by atoms with Crippen LogP contribution in [0.1, 0.15) is 52.3 Å². The predicted molar refractivity (Wildman–Crippen MR) is 82.4 cm³/mol. The van der Waals surface area contributed by atoms with Crippen LogP contribution >= 0.6 is 11.6 Å². The molecule has 20 heavy (non-hydrogen) atoms. The van der Waals surface area contributed by atoms with Crippen LogP contribution in [0.2, 0.25) is 5.15 Å². The fraction of sp³-hybridized carbons (Fsp3) is 0.733. The lowest BCUT2D eigenvalue weighted by atomic mass is 9.96. The number of rotatable bonds is 2. The molecule has 0 saturated carbocycles. The third-order valence-corrected chi connectivity index (χ3v) is 3.93. The third kappa shape index (κ3) is 3.61. The summed E-state index contributed by atoms with van der Waals surface area (Å²) in [6.07, 6.45) is 4.50. The molecule has 0 spiro atoms. The molecule has 4 nitrogen and oxygen atoms in total. The Bertz CT molecular complexity index is 459. The molecule has 5 heteroatoms. The van der Waals surface area contributed by atoms with E-state index >= 15 is 0 Å². The first-order valence-corrected chi connectivity index (χ1v) is 7.72. The van der Waals surface area contributed by atoms with Gasteiger partial charge in [0, 0.05) is 18.0 Å². The van der Waals surface area contributed by atoms with Gasteiger partial charge in [-0.05, 0) is 12.8 Å². The average molecular weight is 298 g/mol. The van der Waals surface area contributed by atoms with E-state index < -0.39 is 0 Å². The Kier molecular flexibility index (Phi) is 4.86. The minimum absolute atomic E-state index is 0.135. The number of anilines is 1. The summed E-state index contributed by atoms with van der Waals surface area (Å²) in [6.45, 7) is 7.31. The maximum atomic E-state index is 9.63. The van der Waals surface area contributed by atoms with Crippen molar-refractivity contribution in [3.8, 4) is 0 Å². The van der Waals surface area contributed by atoms with E-state index in [4.69, 9.17) is 11.6 Å². The maximum absolute atomic E-state index is 9.63. The molecule has 0 radical (unpaired) electrons. The molecule has 1 aliphatic heterocycles. The number of hydrogen-bond acceptors (Lipinski definition) is 4. The second kappa shape index (κ2) is 6.27. The number of aliphatic hydroxyl groups is 1. The van der Waals surface area contributed by atoms with Crippen LogP contribution in [0.15, 0.2) is 6.07 Å². The summed E-state index contributed by atoms with van der Waals surface area (Å²) in [5.41, 5.74) is -0.139. The normalized spacial score (nSPS) is 20.9. The van der Waals surface area contributed by atoms with Gasteiger partial charge in [-0.3, -0.25) is 0 Å². The Balaban J connectivity index is 2.37. The van der Waals surface area contributed by atoms with Gasteiger partial charge in [0.05, 0.1) is 12.6 Å². The van der Waals surface area contributed by atoms with Gasteiger partial charge in [-0.2, -0.15) is 0 Å². The predicted octanol–water partition coefficient (Wildman–Crippen LogP) is 3.17. The highest BCUT2D eigenvalue weighted by Gasteiger charge is 2.25. The van der Waals surface area contributed by atoms with Crippen LogP contribution in [0.25, 0.3) is 0 Å². The largest absolute Gasteiger partial charge is 0.394 e. The molecule has 2 rings (SSSR count). The topological polar surface area (TPSA) is 49.2 Å². The summed E-state index contributed by atoms with van der Waals surface area (Å²) < 4.78 is 0. The highest BCUT2D eigenvalue weighted by atomic mass is 35.5. The van der Waals surface area contributed by atoms with E-state index in [2.05, 4.69) is 35.6 Å². The molecule has 1 aromatic heterocycles. The molecule has 1 fully saturated rings. The molecular formula is C15H24ClN3O. The quantitative estimate of drug-likeness (QED) is 0.852. The van der Waals surface area contributed by atoms with Crippen molar-refractivity contribution >= 4 is 17.4 Å². The molecule has 0 bridgehead atoms. The molecule has 1 N–H and O–H groups in total. The molecule has 1 unspecified atom stereocenters. The molecular weight excluding hydrogens is 274 g/mol. The maximum Gasteiger partial charge on any atom is 0.137 e. The van der Waals surface area contributed by atoms with Gasteiger partial charge in [-0.15, -0.1) is 0 Å². The molecule has 112 valence electrons. The van der Waals surface area contributed by atoms with Gasteiger partial charge in [0.1, 0.15) is 16.8 Å². The van der Waals surface area contributed by atoms with Crippen molar-refractivity contribution in [2.75, 3.05) is 18.1 Å². The van der Waals surface area contributed by atoms with Crippen LogP contribution in [0.5, 0.6) is 0 Å². The van der Waals surface area contributed by atoms with Crippen LogP contribution in [-0.4, -0.2) is 34.3 Å². The molecule has 0 amide bonds. The van der Waals surface area contributed by atoms with Crippen molar-refractivity contribution in [2.24, 2.45) is 0 Å².